The molecule has 0 saturated carbocycles. The zero-order chi connectivity index (χ0) is 14.2. The summed E-state index contributed by atoms with van der Waals surface area (Å²) in [5.74, 6) is 1.26. The van der Waals surface area contributed by atoms with Crippen LogP contribution < -0.4 is 4.90 Å². The maximum Gasteiger partial charge on any atom is 0.265 e. The molecule has 2 atom stereocenters. The molecule has 0 radical (unpaired) electrons. The second-order valence-electron chi connectivity index (χ2n) is 5.97. The lowest BCUT2D eigenvalue weighted by molar-refractivity contribution is -0.150. The van der Waals surface area contributed by atoms with E-state index in [1.54, 1.807) is 0 Å². The zero-order valence-corrected chi connectivity index (χ0v) is 12.3. The van der Waals surface area contributed by atoms with E-state index < -0.39 is 0 Å². The summed E-state index contributed by atoms with van der Waals surface area (Å²) in [6.07, 6.45) is 1.15. The Morgan fingerprint density at radius 3 is 2.95 bits per heavy atom. The SMILES string of the molecule is C[C@@H]1CN(Cc2nc(N(C)C)no2)C[C@@]2(CCOC2)O1. The van der Waals surface area contributed by atoms with E-state index in [2.05, 4.69) is 22.0 Å². The lowest BCUT2D eigenvalue weighted by Crippen LogP contribution is -2.55. The van der Waals surface area contributed by atoms with Gasteiger partial charge in [-0.15, -0.1) is 0 Å². The van der Waals surface area contributed by atoms with Gasteiger partial charge >= 0.3 is 0 Å². The van der Waals surface area contributed by atoms with Crippen LogP contribution in [0.5, 0.6) is 0 Å². The van der Waals surface area contributed by atoms with Crippen molar-refractivity contribution in [1.29, 1.82) is 0 Å². The number of hydrogen-bond donors (Lipinski definition) is 0. The first-order valence-electron chi connectivity index (χ1n) is 7.04. The minimum absolute atomic E-state index is 0.151. The molecule has 7 nitrogen and oxygen atoms in total. The molecular weight excluding hydrogens is 260 g/mol. The monoisotopic (exact) mass is 282 g/mol. The molecule has 7 heteroatoms. The van der Waals surface area contributed by atoms with Gasteiger partial charge in [0.2, 0.25) is 5.89 Å². The summed E-state index contributed by atoms with van der Waals surface area (Å²) in [6, 6.07) is 0. The minimum atomic E-state index is -0.151. The van der Waals surface area contributed by atoms with E-state index in [9.17, 15) is 0 Å². The summed E-state index contributed by atoms with van der Waals surface area (Å²) in [4.78, 5) is 8.53. The second kappa shape index (κ2) is 5.31. The largest absolute Gasteiger partial charge is 0.378 e. The van der Waals surface area contributed by atoms with Crippen LogP contribution in [0.4, 0.5) is 5.95 Å². The van der Waals surface area contributed by atoms with E-state index in [0.29, 0.717) is 25.0 Å². The van der Waals surface area contributed by atoms with Gasteiger partial charge in [0.25, 0.3) is 5.95 Å². The summed E-state index contributed by atoms with van der Waals surface area (Å²) in [5, 5.41) is 3.95. The van der Waals surface area contributed by atoms with Crippen molar-refractivity contribution in [1.82, 2.24) is 15.0 Å². The summed E-state index contributed by atoms with van der Waals surface area (Å²) in [7, 11) is 3.80. The number of nitrogens with zero attached hydrogens (tertiary/aromatic N) is 4. The number of rotatable bonds is 3. The fraction of sp³-hybridized carbons (Fsp3) is 0.846. The van der Waals surface area contributed by atoms with Crippen LogP contribution in [0.2, 0.25) is 0 Å². The van der Waals surface area contributed by atoms with Crippen LogP contribution in [0.15, 0.2) is 4.52 Å². The topological polar surface area (TPSA) is 63.9 Å². The van der Waals surface area contributed by atoms with Gasteiger partial charge < -0.3 is 18.9 Å². The molecule has 3 heterocycles. The molecule has 0 bridgehead atoms. The molecule has 1 spiro atoms. The normalized spacial score (nSPS) is 31.1. The number of ether oxygens (including phenoxy) is 2. The molecule has 0 aromatic carbocycles. The highest BCUT2D eigenvalue weighted by molar-refractivity contribution is 5.23. The first kappa shape index (κ1) is 13.8. The molecule has 0 amide bonds. The third kappa shape index (κ3) is 2.79. The lowest BCUT2D eigenvalue weighted by Gasteiger charge is -2.42. The number of hydrogen-bond acceptors (Lipinski definition) is 7. The number of anilines is 1. The molecule has 0 unspecified atom stereocenters. The highest BCUT2D eigenvalue weighted by Crippen LogP contribution is 2.30. The molecule has 2 aliphatic heterocycles. The summed E-state index contributed by atoms with van der Waals surface area (Å²) < 4.78 is 16.9. The van der Waals surface area contributed by atoms with Gasteiger partial charge in [-0.25, -0.2) is 0 Å². The zero-order valence-electron chi connectivity index (χ0n) is 12.3. The van der Waals surface area contributed by atoms with Gasteiger partial charge in [-0.3, -0.25) is 4.90 Å². The Hall–Kier alpha value is -1.18. The molecule has 0 aliphatic carbocycles. The van der Waals surface area contributed by atoms with E-state index in [1.165, 1.54) is 0 Å². The Labute approximate surface area is 118 Å². The fourth-order valence-corrected chi connectivity index (χ4v) is 2.95. The Balaban J connectivity index is 1.66. The van der Waals surface area contributed by atoms with Crippen molar-refractivity contribution in [2.45, 2.75) is 31.6 Å². The van der Waals surface area contributed by atoms with Gasteiger partial charge in [0.05, 0.1) is 19.3 Å². The quantitative estimate of drug-likeness (QED) is 0.800. The summed E-state index contributed by atoms with van der Waals surface area (Å²) in [6.45, 7) is 5.96. The Kier molecular flexibility index (Phi) is 3.66. The number of aromatic nitrogens is 2. The summed E-state index contributed by atoms with van der Waals surface area (Å²) >= 11 is 0. The molecule has 0 N–H and O–H groups in total. The van der Waals surface area contributed by atoms with Gasteiger partial charge in [0.1, 0.15) is 5.60 Å². The third-order valence-electron chi connectivity index (χ3n) is 3.76. The third-order valence-corrected chi connectivity index (χ3v) is 3.76. The molecule has 1 aromatic rings. The molecule has 2 aliphatic rings. The van der Waals surface area contributed by atoms with Crippen LogP contribution in [-0.4, -0.2) is 67.1 Å². The van der Waals surface area contributed by atoms with Crippen LogP contribution in [0, 0.1) is 0 Å². The van der Waals surface area contributed by atoms with Crippen molar-refractivity contribution < 1.29 is 14.0 Å². The first-order valence-corrected chi connectivity index (χ1v) is 7.04. The fourth-order valence-electron chi connectivity index (χ4n) is 2.95. The van der Waals surface area contributed by atoms with Crippen LogP contribution in [0.1, 0.15) is 19.2 Å². The molecule has 1 aromatic heterocycles. The first-order chi connectivity index (χ1) is 9.56. The predicted molar refractivity (Wildman–Crippen MR) is 72.6 cm³/mol. The van der Waals surface area contributed by atoms with Gasteiger partial charge in [-0.2, -0.15) is 4.98 Å². The van der Waals surface area contributed by atoms with Crippen LogP contribution >= 0.6 is 0 Å². The van der Waals surface area contributed by atoms with Gasteiger partial charge in [0, 0.05) is 40.2 Å². The highest BCUT2D eigenvalue weighted by Gasteiger charge is 2.42. The van der Waals surface area contributed by atoms with Crippen molar-refractivity contribution in [2.24, 2.45) is 0 Å². The van der Waals surface area contributed by atoms with Gasteiger partial charge in [0.15, 0.2) is 0 Å². The van der Waals surface area contributed by atoms with Crippen LogP contribution in [0.25, 0.3) is 0 Å². The highest BCUT2D eigenvalue weighted by atomic mass is 16.6. The second-order valence-corrected chi connectivity index (χ2v) is 5.97. The lowest BCUT2D eigenvalue weighted by atomic mass is 9.99. The van der Waals surface area contributed by atoms with Crippen molar-refractivity contribution in [3.63, 3.8) is 0 Å². The van der Waals surface area contributed by atoms with E-state index in [4.69, 9.17) is 14.0 Å². The van der Waals surface area contributed by atoms with Crippen molar-refractivity contribution in [2.75, 3.05) is 45.3 Å². The Morgan fingerprint density at radius 2 is 2.30 bits per heavy atom. The maximum atomic E-state index is 6.10. The van der Waals surface area contributed by atoms with E-state index in [-0.39, 0.29) is 11.7 Å². The molecule has 2 fully saturated rings. The smallest absolute Gasteiger partial charge is 0.265 e. The average molecular weight is 282 g/mol. The molecule has 3 rings (SSSR count). The summed E-state index contributed by atoms with van der Waals surface area (Å²) in [5.41, 5.74) is -0.151. The average Bonchev–Trinajstić information content (AvgIpc) is 2.98. The Morgan fingerprint density at radius 1 is 1.45 bits per heavy atom. The van der Waals surface area contributed by atoms with Crippen molar-refractivity contribution >= 4 is 5.95 Å². The van der Waals surface area contributed by atoms with Gasteiger partial charge in [-0.1, -0.05) is 0 Å². The molecule has 112 valence electrons. The maximum absolute atomic E-state index is 6.10. The van der Waals surface area contributed by atoms with Gasteiger partial charge in [-0.05, 0) is 12.1 Å². The van der Waals surface area contributed by atoms with Crippen LogP contribution in [-0.2, 0) is 16.0 Å². The van der Waals surface area contributed by atoms with E-state index in [0.717, 1.165) is 26.1 Å². The number of morpholine rings is 1. The van der Waals surface area contributed by atoms with Crippen molar-refractivity contribution in [3.05, 3.63) is 5.89 Å². The van der Waals surface area contributed by atoms with E-state index >= 15 is 0 Å². The van der Waals surface area contributed by atoms with Crippen LogP contribution in [0.3, 0.4) is 0 Å². The minimum Gasteiger partial charge on any atom is -0.378 e. The van der Waals surface area contributed by atoms with E-state index in [1.807, 2.05) is 19.0 Å². The molecule has 20 heavy (non-hydrogen) atoms. The Bertz CT molecular complexity index is 456. The standard InChI is InChI=1S/C13H22N4O3/c1-10-6-17(8-13(19-10)4-5-18-9-13)7-11-14-12(15-20-11)16(2)3/h10H,4-9H2,1-3H3/t10-,13-/m1/s1. The molecule has 2 saturated heterocycles. The van der Waals surface area contributed by atoms with Crippen molar-refractivity contribution in [3.8, 4) is 0 Å². The molecular formula is C13H22N4O3. The predicted octanol–water partition coefficient (Wildman–Crippen LogP) is 0.515.